The number of anilines is 1. The Labute approximate surface area is 232 Å². The van der Waals surface area contributed by atoms with Crippen molar-refractivity contribution in [3.05, 3.63) is 47.9 Å². The molecule has 2 aromatic heterocycles. The van der Waals surface area contributed by atoms with Crippen molar-refractivity contribution >= 4 is 27.6 Å². The van der Waals surface area contributed by atoms with E-state index in [2.05, 4.69) is 20.1 Å². The Morgan fingerprint density at radius 1 is 1.02 bits per heavy atom. The second-order valence-electron chi connectivity index (χ2n) is 12.1. The van der Waals surface area contributed by atoms with Crippen LogP contribution in [0, 0.1) is 5.82 Å². The molecular weight excluding hydrogens is 507 g/mol. The SMILES string of the molecule is OCc1cccc2[nH]cc(-c3ccc4c(N5C[C@H]6CC[C@@H](C5)N6)nc(OCC56CCCN5CCC6)nc4c3F)c12. The van der Waals surface area contributed by atoms with Crippen LogP contribution in [0.2, 0.25) is 0 Å². The van der Waals surface area contributed by atoms with Crippen LogP contribution in [0.1, 0.15) is 44.1 Å². The largest absolute Gasteiger partial charge is 0.461 e. The van der Waals surface area contributed by atoms with Crippen molar-refractivity contribution in [1.82, 2.24) is 25.2 Å². The van der Waals surface area contributed by atoms with Gasteiger partial charge in [-0.2, -0.15) is 9.97 Å². The predicted molar refractivity (Wildman–Crippen MR) is 153 cm³/mol. The fraction of sp³-hybridized carbons (Fsp3) is 0.484. The van der Waals surface area contributed by atoms with Crippen LogP contribution in [0.3, 0.4) is 0 Å². The van der Waals surface area contributed by atoms with Crippen LogP contribution in [0.5, 0.6) is 6.01 Å². The van der Waals surface area contributed by atoms with Crippen LogP contribution in [-0.2, 0) is 6.61 Å². The molecule has 0 aliphatic carbocycles. The average molecular weight is 543 g/mol. The molecule has 6 heterocycles. The summed E-state index contributed by atoms with van der Waals surface area (Å²) in [6, 6.07) is 10.6. The van der Waals surface area contributed by atoms with E-state index in [0.717, 1.165) is 74.1 Å². The molecule has 8 nitrogen and oxygen atoms in total. The molecule has 0 saturated carbocycles. The molecule has 0 amide bonds. The maximum absolute atomic E-state index is 16.6. The van der Waals surface area contributed by atoms with Gasteiger partial charge in [0, 0.05) is 58.8 Å². The topological polar surface area (TPSA) is 89.5 Å². The molecule has 2 bridgehead atoms. The van der Waals surface area contributed by atoms with Gasteiger partial charge in [-0.25, -0.2) is 4.39 Å². The maximum Gasteiger partial charge on any atom is 0.319 e. The lowest BCUT2D eigenvalue weighted by Gasteiger charge is -2.34. The standard InChI is InChI=1S/C31H35FN6O2/c32-27-22(24-14-33-25-5-1-4-19(17-39)26(24)25)8-9-23-28(27)35-30(40-18-31-10-2-12-38(31)13-3-11-31)36-29(23)37-15-20-6-7-21(16-37)34-20/h1,4-5,8-9,14,20-21,33-34,39H,2-3,6-7,10-13,15-18H2/t20-,21+. The number of H-pyrrole nitrogens is 1. The van der Waals surface area contributed by atoms with Gasteiger partial charge in [-0.3, -0.25) is 4.90 Å². The van der Waals surface area contributed by atoms with Gasteiger partial charge in [-0.05, 0) is 69.3 Å². The van der Waals surface area contributed by atoms with Gasteiger partial charge in [0.15, 0.2) is 5.82 Å². The van der Waals surface area contributed by atoms with Crippen LogP contribution in [0.15, 0.2) is 36.5 Å². The lowest BCUT2D eigenvalue weighted by atomic mass is 9.95. The van der Waals surface area contributed by atoms with Gasteiger partial charge >= 0.3 is 6.01 Å². The van der Waals surface area contributed by atoms with Crippen molar-refractivity contribution in [2.24, 2.45) is 0 Å². The minimum Gasteiger partial charge on any atom is -0.461 e. The fourth-order valence-electron chi connectivity index (χ4n) is 7.87. The minimum atomic E-state index is -0.390. The lowest BCUT2D eigenvalue weighted by molar-refractivity contribution is 0.108. The Morgan fingerprint density at radius 3 is 2.60 bits per heavy atom. The smallest absolute Gasteiger partial charge is 0.319 e. The van der Waals surface area contributed by atoms with Gasteiger partial charge in [0.25, 0.3) is 0 Å². The Morgan fingerprint density at radius 2 is 1.82 bits per heavy atom. The molecule has 8 rings (SSSR count). The third kappa shape index (κ3) is 3.82. The zero-order chi connectivity index (χ0) is 26.8. The maximum atomic E-state index is 16.6. The molecule has 0 unspecified atom stereocenters. The van der Waals surface area contributed by atoms with E-state index in [-0.39, 0.29) is 29.5 Å². The summed E-state index contributed by atoms with van der Waals surface area (Å²) in [4.78, 5) is 17.8. The van der Waals surface area contributed by atoms with Crippen molar-refractivity contribution in [3.8, 4) is 17.1 Å². The zero-order valence-corrected chi connectivity index (χ0v) is 22.6. The number of aromatic amines is 1. The third-order valence-electron chi connectivity index (χ3n) is 9.82. The van der Waals surface area contributed by atoms with Gasteiger partial charge in [0.2, 0.25) is 0 Å². The highest BCUT2D eigenvalue weighted by Crippen LogP contribution is 2.41. The highest BCUT2D eigenvalue weighted by molar-refractivity contribution is 6.01. The Kier molecular flexibility index (Phi) is 5.76. The number of benzene rings is 2. The molecule has 3 N–H and O–H groups in total. The molecule has 208 valence electrons. The quantitative estimate of drug-likeness (QED) is 0.334. The van der Waals surface area contributed by atoms with E-state index < -0.39 is 0 Å². The number of aliphatic hydroxyl groups excluding tert-OH is 1. The van der Waals surface area contributed by atoms with Gasteiger partial charge in [0.1, 0.15) is 17.9 Å². The molecule has 4 fully saturated rings. The summed E-state index contributed by atoms with van der Waals surface area (Å²) in [5.41, 5.74) is 3.12. The molecule has 4 saturated heterocycles. The number of halogens is 1. The summed E-state index contributed by atoms with van der Waals surface area (Å²) in [6.07, 6.45) is 8.75. The first-order chi connectivity index (χ1) is 19.6. The highest BCUT2D eigenvalue weighted by atomic mass is 19.1. The summed E-state index contributed by atoms with van der Waals surface area (Å²) in [6.45, 7) is 4.33. The predicted octanol–water partition coefficient (Wildman–Crippen LogP) is 4.36. The number of hydrogen-bond donors (Lipinski definition) is 3. The van der Waals surface area contributed by atoms with Gasteiger partial charge < -0.3 is 25.0 Å². The average Bonchev–Trinajstić information content (AvgIpc) is 3.75. The molecule has 4 aliphatic rings. The van der Waals surface area contributed by atoms with Crippen molar-refractivity contribution < 1.29 is 14.2 Å². The number of nitrogens with zero attached hydrogens (tertiary/aromatic N) is 4. The Hall–Kier alpha value is -3.27. The lowest BCUT2D eigenvalue weighted by Crippen LogP contribution is -2.51. The molecule has 4 aromatic rings. The molecular formula is C31H35FN6O2. The number of rotatable bonds is 6. The normalized spacial score (nSPS) is 23.9. The van der Waals surface area contributed by atoms with E-state index in [9.17, 15) is 5.11 Å². The number of fused-ring (bicyclic) bond motifs is 5. The summed E-state index contributed by atoms with van der Waals surface area (Å²) in [5.74, 6) is 0.366. The molecule has 0 radical (unpaired) electrons. The van der Waals surface area contributed by atoms with E-state index in [1.54, 1.807) is 0 Å². The fourth-order valence-corrected chi connectivity index (χ4v) is 7.87. The Bertz CT molecular complexity index is 1580. The van der Waals surface area contributed by atoms with E-state index in [0.29, 0.717) is 35.2 Å². The minimum absolute atomic E-state index is 0.0533. The van der Waals surface area contributed by atoms with Gasteiger partial charge in [-0.15, -0.1) is 0 Å². The molecule has 9 heteroatoms. The second-order valence-corrected chi connectivity index (χ2v) is 12.1. The van der Waals surface area contributed by atoms with Crippen molar-refractivity contribution in [3.63, 3.8) is 0 Å². The van der Waals surface area contributed by atoms with E-state index in [1.165, 1.54) is 12.8 Å². The molecule has 0 spiro atoms. The van der Waals surface area contributed by atoms with Crippen LogP contribution in [0.25, 0.3) is 32.9 Å². The molecule has 2 aromatic carbocycles. The third-order valence-corrected chi connectivity index (χ3v) is 9.82. The summed E-state index contributed by atoms with van der Waals surface area (Å²) < 4.78 is 23.0. The number of piperazine rings is 1. The number of ether oxygens (including phenoxy) is 1. The van der Waals surface area contributed by atoms with Crippen LogP contribution in [-0.4, -0.2) is 75.4 Å². The first kappa shape index (κ1) is 24.5. The van der Waals surface area contributed by atoms with Crippen LogP contribution >= 0.6 is 0 Å². The first-order valence-corrected chi connectivity index (χ1v) is 14.7. The van der Waals surface area contributed by atoms with Crippen molar-refractivity contribution in [2.45, 2.75) is 62.8 Å². The molecule has 2 atom stereocenters. The van der Waals surface area contributed by atoms with Gasteiger partial charge in [0.05, 0.1) is 12.1 Å². The van der Waals surface area contributed by atoms with E-state index in [4.69, 9.17) is 14.7 Å². The summed E-state index contributed by atoms with van der Waals surface area (Å²) in [5, 5.41) is 15.2. The Balaban J connectivity index is 1.24. The zero-order valence-electron chi connectivity index (χ0n) is 22.6. The van der Waals surface area contributed by atoms with E-state index >= 15 is 4.39 Å². The molecule has 40 heavy (non-hydrogen) atoms. The van der Waals surface area contributed by atoms with Crippen LogP contribution < -0.4 is 15.0 Å². The second kappa shape index (κ2) is 9.39. The van der Waals surface area contributed by atoms with E-state index in [1.807, 2.05) is 36.5 Å². The first-order valence-electron chi connectivity index (χ1n) is 14.7. The number of aromatic nitrogens is 3. The van der Waals surface area contributed by atoms with Crippen molar-refractivity contribution in [1.29, 1.82) is 0 Å². The monoisotopic (exact) mass is 542 g/mol. The molecule has 4 aliphatic heterocycles. The van der Waals surface area contributed by atoms with Gasteiger partial charge in [-0.1, -0.05) is 18.2 Å². The van der Waals surface area contributed by atoms with Crippen LogP contribution in [0.4, 0.5) is 10.2 Å². The number of hydrogen-bond acceptors (Lipinski definition) is 7. The summed E-state index contributed by atoms with van der Waals surface area (Å²) >= 11 is 0. The number of nitrogens with one attached hydrogen (secondary N) is 2. The highest BCUT2D eigenvalue weighted by Gasteiger charge is 2.45. The summed E-state index contributed by atoms with van der Waals surface area (Å²) in [7, 11) is 0. The van der Waals surface area contributed by atoms with Crippen molar-refractivity contribution in [2.75, 3.05) is 37.7 Å². The number of aliphatic hydroxyl groups is 1.